The Morgan fingerprint density at radius 1 is 1.44 bits per heavy atom. The number of nitrogens with zero attached hydrogens (tertiary/aromatic N) is 3. The smallest absolute Gasteiger partial charge is 0.332 e. The monoisotopic (exact) mass is 316 g/mol. The van der Waals surface area contributed by atoms with Crippen molar-refractivity contribution in [2.75, 3.05) is 13.7 Å². The Labute approximate surface area is 111 Å². The van der Waals surface area contributed by atoms with E-state index >= 15 is 0 Å². The zero-order valence-corrected chi connectivity index (χ0v) is 11.7. The number of imidazole rings is 1. The van der Waals surface area contributed by atoms with Crippen LogP contribution >= 0.6 is 15.9 Å². The van der Waals surface area contributed by atoms with Crippen LogP contribution in [0.3, 0.4) is 0 Å². The lowest BCUT2D eigenvalue weighted by molar-refractivity contribution is 0.190. The Balaban J connectivity index is 2.63. The molecule has 1 N–H and O–H groups in total. The highest BCUT2D eigenvalue weighted by Crippen LogP contribution is 2.10. The number of aromatic amines is 1. The lowest BCUT2D eigenvalue weighted by Crippen LogP contribution is -2.38. The zero-order valence-electron chi connectivity index (χ0n) is 10.1. The van der Waals surface area contributed by atoms with Gasteiger partial charge in [-0.1, -0.05) is 0 Å². The third-order valence-corrected chi connectivity index (χ3v) is 3.05. The number of methoxy groups -OCH3 is 1. The topological polar surface area (TPSA) is 81.9 Å². The van der Waals surface area contributed by atoms with Crippen LogP contribution in [0, 0.1) is 0 Å². The number of hydrogen-bond donors (Lipinski definition) is 1. The van der Waals surface area contributed by atoms with Crippen LogP contribution < -0.4 is 11.2 Å². The number of aromatic nitrogens is 4. The van der Waals surface area contributed by atoms with E-state index in [0.29, 0.717) is 35.5 Å². The first kappa shape index (κ1) is 13.0. The van der Waals surface area contributed by atoms with Crippen LogP contribution in [0.1, 0.15) is 6.42 Å². The molecular weight excluding hydrogens is 304 g/mol. The molecular formula is C10H13BrN4O3. The largest absolute Gasteiger partial charge is 0.385 e. The summed E-state index contributed by atoms with van der Waals surface area (Å²) >= 11 is 3.17. The number of ether oxygens (including phenoxy) is 1. The quantitative estimate of drug-likeness (QED) is 0.646. The summed E-state index contributed by atoms with van der Waals surface area (Å²) in [6.45, 7) is 0.997. The highest BCUT2D eigenvalue weighted by atomic mass is 79.9. The Morgan fingerprint density at radius 2 is 2.17 bits per heavy atom. The van der Waals surface area contributed by atoms with Crippen molar-refractivity contribution in [1.82, 2.24) is 19.1 Å². The molecule has 0 aromatic carbocycles. The molecule has 0 amide bonds. The van der Waals surface area contributed by atoms with Crippen molar-refractivity contribution in [3.63, 3.8) is 0 Å². The van der Waals surface area contributed by atoms with Gasteiger partial charge in [-0.05, 0) is 22.4 Å². The molecule has 2 aromatic rings. The second-order valence-electron chi connectivity index (χ2n) is 3.87. The van der Waals surface area contributed by atoms with Crippen LogP contribution in [-0.2, 0) is 18.3 Å². The van der Waals surface area contributed by atoms with E-state index in [-0.39, 0.29) is 11.2 Å². The van der Waals surface area contributed by atoms with Gasteiger partial charge >= 0.3 is 5.69 Å². The van der Waals surface area contributed by atoms with Gasteiger partial charge in [0.2, 0.25) is 0 Å². The zero-order chi connectivity index (χ0) is 13.3. The normalized spacial score (nSPS) is 11.3. The summed E-state index contributed by atoms with van der Waals surface area (Å²) in [5.74, 6) is 0. The first-order chi connectivity index (χ1) is 8.56. The molecule has 7 nitrogen and oxygen atoms in total. The predicted molar refractivity (Wildman–Crippen MR) is 69.8 cm³/mol. The molecule has 0 spiro atoms. The lowest BCUT2D eigenvalue weighted by atomic mass is 10.4. The Morgan fingerprint density at radius 3 is 2.83 bits per heavy atom. The number of H-pyrrole nitrogens is 1. The van der Waals surface area contributed by atoms with E-state index in [1.54, 1.807) is 7.11 Å². The minimum Gasteiger partial charge on any atom is -0.385 e. The van der Waals surface area contributed by atoms with E-state index in [0.717, 1.165) is 4.57 Å². The summed E-state index contributed by atoms with van der Waals surface area (Å²) in [5, 5.41) is 0. The Bertz CT molecular complexity index is 685. The SMILES string of the molecule is COCCCn1c(=O)n(C)c(=O)c2[nH]c(Br)nc21. The second-order valence-corrected chi connectivity index (χ2v) is 4.62. The van der Waals surface area contributed by atoms with Crippen LogP contribution in [0.15, 0.2) is 14.3 Å². The van der Waals surface area contributed by atoms with Gasteiger partial charge in [-0.2, -0.15) is 0 Å². The molecule has 18 heavy (non-hydrogen) atoms. The van der Waals surface area contributed by atoms with Crippen molar-refractivity contribution in [3.05, 3.63) is 25.6 Å². The molecule has 2 aromatic heterocycles. The maximum absolute atomic E-state index is 12.0. The van der Waals surface area contributed by atoms with Crippen molar-refractivity contribution < 1.29 is 4.74 Å². The predicted octanol–water partition coefficient (Wildman–Crippen LogP) is 0.222. The number of halogens is 1. The number of hydrogen-bond acceptors (Lipinski definition) is 4. The van der Waals surface area contributed by atoms with E-state index < -0.39 is 0 Å². The third kappa shape index (κ3) is 2.13. The van der Waals surface area contributed by atoms with Gasteiger partial charge in [-0.25, -0.2) is 9.78 Å². The van der Waals surface area contributed by atoms with Crippen molar-refractivity contribution >= 4 is 27.1 Å². The van der Waals surface area contributed by atoms with E-state index in [1.807, 2.05) is 0 Å². The van der Waals surface area contributed by atoms with Gasteiger partial charge in [0.1, 0.15) is 0 Å². The minimum absolute atomic E-state index is 0.321. The van der Waals surface area contributed by atoms with Gasteiger partial charge in [-0.15, -0.1) is 0 Å². The standard InChI is InChI=1S/C10H13BrN4O3/c1-14-8(16)6-7(13-9(11)12-6)15(10(14)17)4-3-5-18-2/h3-5H2,1-2H3,(H,12,13). The summed E-state index contributed by atoms with van der Waals surface area (Å²) in [4.78, 5) is 30.8. The molecule has 0 saturated carbocycles. The fourth-order valence-electron chi connectivity index (χ4n) is 1.78. The summed E-state index contributed by atoms with van der Waals surface area (Å²) in [6, 6.07) is 0. The van der Waals surface area contributed by atoms with Crippen molar-refractivity contribution in [3.8, 4) is 0 Å². The summed E-state index contributed by atoms with van der Waals surface area (Å²) in [5.41, 5.74) is -0.0636. The van der Waals surface area contributed by atoms with Crippen LogP contribution in [-0.4, -0.2) is 32.8 Å². The first-order valence-corrected chi connectivity index (χ1v) is 6.19. The summed E-state index contributed by atoms with van der Waals surface area (Å²) < 4.78 is 7.92. The molecule has 0 aliphatic carbocycles. The molecule has 0 atom stereocenters. The van der Waals surface area contributed by atoms with Gasteiger partial charge < -0.3 is 9.72 Å². The molecule has 0 aliphatic rings. The molecule has 0 saturated heterocycles. The van der Waals surface area contributed by atoms with Gasteiger partial charge in [0.05, 0.1) is 0 Å². The summed E-state index contributed by atoms with van der Waals surface area (Å²) in [6.07, 6.45) is 0.675. The first-order valence-electron chi connectivity index (χ1n) is 5.40. The highest BCUT2D eigenvalue weighted by molar-refractivity contribution is 9.10. The van der Waals surface area contributed by atoms with Crippen LogP contribution in [0.4, 0.5) is 0 Å². The average molecular weight is 317 g/mol. The van der Waals surface area contributed by atoms with E-state index in [1.165, 1.54) is 11.6 Å². The number of rotatable bonds is 4. The average Bonchev–Trinajstić information content (AvgIpc) is 2.73. The molecule has 0 radical (unpaired) electrons. The Hall–Kier alpha value is -1.41. The van der Waals surface area contributed by atoms with Gasteiger partial charge in [0.15, 0.2) is 15.9 Å². The van der Waals surface area contributed by atoms with Crippen molar-refractivity contribution in [2.45, 2.75) is 13.0 Å². The summed E-state index contributed by atoms with van der Waals surface area (Å²) in [7, 11) is 3.05. The maximum atomic E-state index is 12.0. The number of aryl methyl sites for hydroxylation is 1. The van der Waals surface area contributed by atoms with Crippen LogP contribution in [0.2, 0.25) is 0 Å². The third-order valence-electron chi connectivity index (χ3n) is 2.68. The molecule has 0 unspecified atom stereocenters. The fraction of sp³-hybridized carbons (Fsp3) is 0.500. The van der Waals surface area contributed by atoms with Gasteiger partial charge in [0.25, 0.3) is 5.56 Å². The molecule has 0 aliphatic heterocycles. The highest BCUT2D eigenvalue weighted by Gasteiger charge is 2.14. The van der Waals surface area contributed by atoms with Crippen LogP contribution in [0.25, 0.3) is 11.2 Å². The van der Waals surface area contributed by atoms with Crippen LogP contribution in [0.5, 0.6) is 0 Å². The fourth-order valence-corrected chi connectivity index (χ4v) is 2.14. The number of fused-ring (bicyclic) bond motifs is 1. The number of nitrogens with one attached hydrogen (secondary N) is 1. The van der Waals surface area contributed by atoms with E-state index in [4.69, 9.17) is 4.74 Å². The molecule has 0 fully saturated rings. The second kappa shape index (κ2) is 5.07. The van der Waals surface area contributed by atoms with E-state index in [2.05, 4.69) is 25.9 Å². The minimum atomic E-state index is -0.379. The van der Waals surface area contributed by atoms with Gasteiger partial charge in [-0.3, -0.25) is 13.9 Å². The lowest BCUT2D eigenvalue weighted by Gasteiger charge is -2.07. The Kier molecular flexibility index (Phi) is 3.67. The van der Waals surface area contributed by atoms with Gasteiger partial charge in [0, 0.05) is 27.3 Å². The maximum Gasteiger partial charge on any atom is 0.332 e. The molecule has 0 bridgehead atoms. The molecule has 2 rings (SSSR count). The molecule has 2 heterocycles. The van der Waals surface area contributed by atoms with E-state index in [9.17, 15) is 9.59 Å². The van der Waals surface area contributed by atoms with Crippen molar-refractivity contribution in [2.24, 2.45) is 7.05 Å². The molecule has 8 heteroatoms. The molecule has 98 valence electrons. The van der Waals surface area contributed by atoms with Crippen molar-refractivity contribution in [1.29, 1.82) is 0 Å².